The van der Waals surface area contributed by atoms with Gasteiger partial charge in [-0.25, -0.2) is 0 Å². The topological polar surface area (TPSA) is 20.2 Å². The molecule has 0 rings (SSSR count). The van der Waals surface area contributed by atoms with Crippen molar-refractivity contribution in [3.8, 4) is 0 Å². The predicted octanol–water partition coefficient (Wildman–Crippen LogP) is 1.85. The Morgan fingerprint density at radius 2 is 1.90 bits per heavy atom. The maximum Gasteiger partial charge on any atom is 0.0894 e. The van der Waals surface area contributed by atoms with Gasteiger partial charge in [0.15, 0.2) is 0 Å². The third kappa shape index (κ3) is 8.24. The molecule has 0 aliphatic carbocycles. The molecule has 62 valence electrons. The van der Waals surface area contributed by atoms with Crippen LogP contribution in [0.5, 0.6) is 0 Å². The van der Waals surface area contributed by atoms with Crippen LogP contribution in [0.25, 0.3) is 0 Å². The van der Waals surface area contributed by atoms with Crippen LogP contribution in [0.4, 0.5) is 4.39 Å². The lowest BCUT2D eigenvalue weighted by Crippen LogP contribution is -1.88. The summed E-state index contributed by atoms with van der Waals surface area (Å²) >= 11 is 1.73. The molecule has 3 heteroatoms. The molecule has 0 aromatic rings. The van der Waals surface area contributed by atoms with Gasteiger partial charge >= 0.3 is 0 Å². The molecule has 0 heterocycles. The lowest BCUT2D eigenvalue weighted by molar-refractivity contribution is 0.322. The van der Waals surface area contributed by atoms with E-state index < -0.39 is 0 Å². The van der Waals surface area contributed by atoms with Gasteiger partial charge in [0.05, 0.1) is 13.3 Å². The van der Waals surface area contributed by atoms with E-state index in [2.05, 4.69) is 0 Å². The summed E-state index contributed by atoms with van der Waals surface area (Å²) in [6, 6.07) is 0. The van der Waals surface area contributed by atoms with Gasteiger partial charge in [-0.15, -0.1) is 0 Å². The maximum absolute atomic E-state index is 11.5. The molecule has 0 spiro atoms. The molecule has 0 bridgehead atoms. The molecule has 0 aliphatic heterocycles. The van der Waals surface area contributed by atoms with E-state index in [1.807, 2.05) is 0 Å². The van der Waals surface area contributed by atoms with Crippen LogP contribution in [-0.4, -0.2) is 29.9 Å². The van der Waals surface area contributed by atoms with Crippen molar-refractivity contribution in [3.63, 3.8) is 0 Å². The molecule has 0 saturated heterocycles. The average molecular weight is 166 g/mol. The first-order chi connectivity index (χ1) is 4.91. The molecule has 1 N–H and O–H groups in total. The van der Waals surface area contributed by atoms with Crippen LogP contribution in [-0.2, 0) is 0 Å². The minimum Gasteiger partial charge on any atom is -0.396 e. The third-order valence-corrected chi connectivity index (χ3v) is 2.21. The fourth-order valence-electron chi connectivity index (χ4n) is 0.642. The SMILES string of the molecule is OCCSCCCCCF. The highest BCUT2D eigenvalue weighted by Gasteiger charge is 1.88. The Kier molecular flexibility index (Phi) is 9.46. The van der Waals surface area contributed by atoms with Gasteiger partial charge in [0.25, 0.3) is 0 Å². The minimum absolute atomic E-state index is 0.190. The van der Waals surface area contributed by atoms with Crippen LogP contribution in [0.2, 0.25) is 0 Å². The number of alkyl halides is 1. The summed E-state index contributed by atoms with van der Waals surface area (Å²) in [5, 5.41) is 8.39. The second-order valence-corrected chi connectivity index (χ2v) is 3.31. The molecular weight excluding hydrogens is 151 g/mol. The van der Waals surface area contributed by atoms with Gasteiger partial charge < -0.3 is 5.11 Å². The summed E-state index contributed by atoms with van der Waals surface area (Å²) in [6.45, 7) is 0.0679. The number of hydrogen-bond acceptors (Lipinski definition) is 2. The monoisotopic (exact) mass is 166 g/mol. The van der Waals surface area contributed by atoms with Crippen LogP contribution in [0, 0.1) is 0 Å². The molecule has 0 aromatic carbocycles. The van der Waals surface area contributed by atoms with Crippen molar-refractivity contribution in [1.82, 2.24) is 0 Å². The molecule has 10 heavy (non-hydrogen) atoms. The highest BCUT2D eigenvalue weighted by atomic mass is 32.2. The summed E-state index contributed by atoms with van der Waals surface area (Å²) in [7, 11) is 0. The van der Waals surface area contributed by atoms with Crippen molar-refractivity contribution in [3.05, 3.63) is 0 Å². The van der Waals surface area contributed by atoms with Crippen LogP contribution in [0.3, 0.4) is 0 Å². The predicted molar refractivity (Wildman–Crippen MR) is 44.2 cm³/mol. The van der Waals surface area contributed by atoms with Gasteiger partial charge in [-0.1, -0.05) is 6.42 Å². The van der Waals surface area contributed by atoms with E-state index in [0.717, 1.165) is 24.3 Å². The highest BCUT2D eigenvalue weighted by Crippen LogP contribution is 2.05. The summed E-state index contributed by atoms with van der Waals surface area (Å²) in [5.41, 5.74) is 0. The number of aliphatic hydroxyl groups is 1. The number of hydrogen-bond donors (Lipinski definition) is 1. The quantitative estimate of drug-likeness (QED) is 0.582. The summed E-state index contributed by atoms with van der Waals surface area (Å²) < 4.78 is 11.5. The van der Waals surface area contributed by atoms with Gasteiger partial charge in [-0.05, 0) is 18.6 Å². The van der Waals surface area contributed by atoms with Gasteiger partial charge in [0, 0.05) is 5.75 Å². The van der Waals surface area contributed by atoms with E-state index in [0.29, 0.717) is 6.42 Å². The summed E-state index contributed by atoms with van der Waals surface area (Å²) in [5.74, 6) is 1.87. The van der Waals surface area contributed by atoms with E-state index in [-0.39, 0.29) is 13.3 Å². The molecule has 0 radical (unpaired) electrons. The van der Waals surface area contributed by atoms with E-state index >= 15 is 0 Å². The fourth-order valence-corrected chi connectivity index (χ4v) is 1.38. The Balaban J connectivity index is 2.65. The Bertz CT molecular complexity index is 53.6. The zero-order valence-electron chi connectivity index (χ0n) is 6.18. The van der Waals surface area contributed by atoms with Crippen molar-refractivity contribution in [2.24, 2.45) is 0 Å². The first kappa shape index (κ1) is 10.2. The molecule has 0 atom stereocenters. The Hall–Kier alpha value is 0.240. The highest BCUT2D eigenvalue weighted by molar-refractivity contribution is 7.99. The lowest BCUT2D eigenvalue weighted by Gasteiger charge is -1.96. The first-order valence-electron chi connectivity index (χ1n) is 3.66. The van der Waals surface area contributed by atoms with Crippen LogP contribution in [0.1, 0.15) is 19.3 Å². The number of halogens is 1. The Morgan fingerprint density at radius 1 is 1.10 bits per heavy atom. The van der Waals surface area contributed by atoms with E-state index in [4.69, 9.17) is 5.11 Å². The maximum atomic E-state index is 11.5. The van der Waals surface area contributed by atoms with Crippen molar-refractivity contribution < 1.29 is 9.50 Å². The standard InChI is InChI=1S/C7H15FOS/c8-4-2-1-3-6-10-7-5-9/h9H,1-7H2. The number of rotatable bonds is 7. The van der Waals surface area contributed by atoms with E-state index in [1.54, 1.807) is 11.8 Å². The minimum atomic E-state index is -0.190. The molecule has 0 amide bonds. The second-order valence-electron chi connectivity index (χ2n) is 2.09. The normalized spacial score (nSPS) is 10.2. The van der Waals surface area contributed by atoms with Crippen molar-refractivity contribution >= 4 is 11.8 Å². The molecule has 0 aliphatic rings. The molecular formula is C7H15FOS. The smallest absolute Gasteiger partial charge is 0.0894 e. The summed E-state index contributed by atoms with van der Waals surface area (Å²) in [4.78, 5) is 0. The molecule has 0 fully saturated rings. The van der Waals surface area contributed by atoms with E-state index in [1.165, 1.54) is 0 Å². The van der Waals surface area contributed by atoms with Crippen molar-refractivity contribution in [2.75, 3.05) is 24.8 Å². The van der Waals surface area contributed by atoms with E-state index in [9.17, 15) is 4.39 Å². The summed E-state index contributed by atoms with van der Waals surface area (Å²) in [6.07, 6.45) is 2.75. The third-order valence-electron chi connectivity index (χ3n) is 1.16. The molecule has 0 saturated carbocycles. The fraction of sp³-hybridized carbons (Fsp3) is 1.00. The molecule has 1 nitrogen and oxygen atoms in total. The number of unbranched alkanes of at least 4 members (excludes halogenated alkanes) is 2. The van der Waals surface area contributed by atoms with Crippen molar-refractivity contribution in [2.45, 2.75) is 19.3 Å². The van der Waals surface area contributed by atoms with Crippen molar-refractivity contribution in [1.29, 1.82) is 0 Å². The van der Waals surface area contributed by atoms with Gasteiger partial charge in [0.2, 0.25) is 0 Å². The largest absolute Gasteiger partial charge is 0.396 e. The van der Waals surface area contributed by atoms with Crippen LogP contribution >= 0.6 is 11.8 Å². The van der Waals surface area contributed by atoms with Gasteiger partial charge in [0.1, 0.15) is 0 Å². The number of aliphatic hydroxyl groups excluding tert-OH is 1. The van der Waals surface area contributed by atoms with Crippen LogP contribution < -0.4 is 0 Å². The lowest BCUT2D eigenvalue weighted by atomic mass is 10.3. The van der Waals surface area contributed by atoms with Gasteiger partial charge in [-0.2, -0.15) is 11.8 Å². The molecule has 0 aromatic heterocycles. The second kappa shape index (κ2) is 9.24. The first-order valence-corrected chi connectivity index (χ1v) is 4.82. The number of thioether (sulfide) groups is 1. The van der Waals surface area contributed by atoms with Gasteiger partial charge in [-0.3, -0.25) is 4.39 Å². The molecule has 0 unspecified atom stereocenters. The zero-order chi connectivity index (χ0) is 7.66. The zero-order valence-corrected chi connectivity index (χ0v) is 7.00. The Morgan fingerprint density at radius 3 is 2.50 bits per heavy atom. The Labute approximate surface area is 66.0 Å². The van der Waals surface area contributed by atoms with Crippen LogP contribution in [0.15, 0.2) is 0 Å². The average Bonchev–Trinajstić information content (AvgIpc) is 1.97.